The summed E-state index contributed by atoms with van der Waals surface area (Å²) in [5.74, 6) is -0.340. The number of carbonyl (C=O) groups is 1. The normalized spacial score (nSPS) is 11.1. The van der Waals surface area contributed by atoms with Gasteiger partial charge >= 0.3 is 5.97 Å². The van der Waals surface area contributed by atoms with Gasteiger partial charge in [0.1, 0.15) is 5.52 Å². The number of benzene rings is 2. The average Bonchev–Trinajstić information content (AvgIpc) is 2.72. The largest absolute Gasteiger partial charge is 0.466 e. The first-order valence-corrected chi connectivity index (χ1v) is 9.34. The molecule has 0 bridgehead atoms. The molecule has 0 fully saturated rings. The highest BCUT2D eigenvalue weighted by molar-refractivity contribution is 5.76. The van der Waals surface area contributed by atoms with Crippen LogP contribution in [0.5, 0.6) is 0 Å². The predicted octanol–water partition coefficient (Wildman–Crippen LogP) is 2.25. The number of esters is 1. The summed E-state index contributed by atoms with van der Waals surface area (Å²) in [4.78, 5) is 26.4. The second-order valence-electron chi connectivity index (χ2n) is 6.68. The Hall–Kier alpha value is -3.06. The van der Waals surface area contributed by atoms with E-state index in [0.29, 0.717) is 17.5 Å². The molecule has 0 aliphatic rings. The molecule has 0 saturated carbocycles. The summed E-state index contributed by atoms with van der Waals surface area (Å²) >= 11 is 0. The fourth-order valence-corrected chi connectivity index (χ4v) is 2.93. The molecule has 1 aromatic heterocycles. The molecular weight excluding hydrogens is 356 g/mol. The number of carbonyl (C=O) groups excluding carboxylic acids is 1. The molecular formula is C21H24N4O3. The van der Waals surface area contributed by atoms with Crippen molar-refractivity contribution in [1.29, 1.82) is 0 Å². The summed E-state index contributed by atoms with van der Waals surface area (Å²) in [7, 11) is 2.04. The third-order valence-corrected chi connectivity index (χ3v) is 4.40. The van der Waals surface area contributed by atoms with Crippen LogP contribution in [0.3, 0.4) is 0 Å². The van der Waals surface area contributed by atoms with Crippen LogP contribution in [0.25, 0.3) is 10.9 Å². The number of aromatic nitrogens is 3. The number of fused-ring (bicyclic) bond motifs is 1. The fraction of sp³-hybridized carbons (Fsp3) is 0.333. The minimum atomic E-state index is -0.340. The van der Waals surface area contributed by atoms with Gasteiger partial charge in [-0.3, -0.25) is 9.59 Å². The van der Waals surface area contributed by atoms with E-state index in [0.717, 1.165) is 19.5 Å². The van der Waals surface area contributed by atoms with Crippen molar-refractivity contribution in [3.8, 4) is 0 Å². The van der Waals surface area contributed by atoms with Gasteiger partial charge in [-0.05, 0) is 31.2 Å². The van der Waals surface area contributed by atoms with Gasteiger partial charge in [-0.1, -0.05) is 47.7 Å². The maximum Gasteiger partial charge on any atom is 0.307 e. The first kappa shape index (κ1) is 19.7. The lowest BCUT2D eigenvalue weighted by Gasteiger charge is -2.16. The van der Waals surface area contributed by atoms with Crippen LogP contribution in [0.1, 0.15) is 18.4 Å². The number of aryl methyl sites for hydroxylation is 1. The molecule has 0 spiro atoms. The molecule has 0 unspecified atom stereocenters. The quantitative estimate of drug-likeness (QED) is 0.419. The lowest BCUT2D eigenvalue weighted by Crippen LogP contribution is -2.26. The fourth-order valence-electron chi connectivity index (χ4n) is 2.93. The standard InChI is InChI=1S/C21H24N4O3/c1-24(16-17-8-3-2-4-9-17)13-7-15-28-20(26)12-14-25-21(27)18-10-5-6-11-19(18)22-23-25/h2-6,8-11H,7,12-16H2,1H3. The molecule has 3 aromatic rings. The zero-order chi connectivity index (χ0) is 19.8. The van der Waals surface area contributed by atoms with Gasteiger partial charge in [0, 0.05) is 13.1 Å². The minimum absolute atomic E-state index is 0.0901. The highest BCUT2D eigenvalue weighted by Gasteiger charge is 2.09. The second kappa shape index (κ2) is 9.75. The van der Waals surface area contributed by atoms with E-state index in [-0.39, 0.29) is 24.5 Å². The van der Waals surface area contributed by atoms with E-state index >= 15 is 0 Å². The molecule has 3 rings (SSSR count). The van der Waals surface area contributed by atoms with Gasteiger partial charge in [-0.15, -0.1) is 5.10 Å². The van der Waals surface area contributed by atoms with Crippen molar-refractivity contribution in [3.05, 3.63) is 70.5 Å². The van der Waals surface area contributed by atoms with E-state index in [9.17, 15) is 9.59 Å². The third kappa shape index (κ3) is 5.47. The van der Waals surface area contributed by atoms with Crippen molar-refractivity contribution in [2.45, 2.75) is 25.9 Å². The van der Waals surface area contributed by atoms with Crippen molar-refractivity contribution in [2.75, 3.05) is 20.2 Å². The average molecular weight is 380 g/mol. The van der Waals surface area contributed by atoms with Crippen molar-refractivity contribution >= 4 is 16.9 Å². The van der Waals surface area contributed by atoms with Gasteiger partial charge in [0.05, 0.1) is 25.0 Å². The van der Waals surface area contributed by atoms with E-state index in [4.69, 9.17) is 4.74 Å². The molecule has 0 N–H and O–H groups in total. The number of hydrogen-bond acceptors (Lipinski definition) is 6. The molecule has 0 radical (unpaired) electrons. The lowest BCUT2D eigenvalue weighted by molar-refractivity contribution is -0.144. The smallest absolute Gasteiger partial charge is 0.307 e. The van der Waals surface area contributed by atoms with Gasteiger partial charge in [-0.2, -0.15) is 0 Å². The number of nitrogens with zero attached hydrogens (tertiary/aromatic N) is 4. The molecule has 0 aliphatic carbocycles. The van der Waals surface area contributed by atoms with E-state index in [1.807, 2.05) is 25.2 Å². The van der Waals surface area contributed by atoms with Crippen molar-refractivity contribution in [2.24, 2.45) is 0 Å². The summed E-state index contributed by atoms with van der Waals surface area (Å²) in [6, 6.07) is 17.2. The maximum atomic E-state index is 12.3. The van der Waals surface area contributed by atoms with Crippen LogP contribution in [-0.2, 0) is 22.6 Å². The number of ether oxygens (including phenoxy) is 1. The molecule has 7 heteroatoms. The Balaban J connectivity index is 1.38. The van der Waals surface area contributed by atoms with Gasteiger partial charge in [0.25, 0.3) is 5.56 Å². The molecule has 0 saturated heterocycles. The van der Waals surface area contributed by atoms with Crippen LogP contribution < -0.4 is 5.56 Å². The highest BCUT2D eigenvalue weighted by Crippen LogP contribution is 2.04. The van der Waals surface area contributed by atoms with E-state index in [1.165, 1.54) is 10.2 Å². The lowest BCUT2D eigenvalue weighted by atomic mass is 10.2. The van der Waals surface area contributed by atoms with Gasteiger partial charge in [-0.25, -0.2) is 4.68 Å². The SMILES string of the molecule is CN(CCCOC(=O)CCn1nnc2ccccc2c1=O)Cc1ccccc1. The Bertz CT molecular complexity index is 972. The van der Waals surface area contributed by atoms with E-state index in [2.05, 4.69) is 27.3 Å². The summed E-state index contributed by atoms with van der Waals surface area (Å²) in [6.45, 7) is 2.20. The number of hydrogen-bond donors (Lipinski definition) is 0. The first-order valence-electron chi connectivity index (χ1n) is 9.34. The van der Waals surface area contributed by atoms with Crippen LogP contribution in [-0.4, -0.2) is 46.1 Å². The zero-order valence-corrected chi connectivity index (χ0v) is 16.0. The summed E-state index contributed by atoms with van der Waals surface area (Å²) in [6.07, 6.45) is 0.845. The zero-order valence-electron chi connectivity index (χ0n) is 16.0. The van der Waals surface area contributed by atoms with Gasteiger partial charge in [0.15, 0.2) is 0 Å². The molecule has 28 heavy (non-hydrogen) atoms. The van der Waals surface area contributed by atoms with Crippen molar-refractivity contribution < 1.29 is 9.53 Å². The van der Waals surface area contributed by atoms with Crippen LogP contribution in [0.4, 0.5) is 0 Å². The molecule has 0 amide bonds. The summed E-state index contributed by atoms with van der Waals surface area (Å²) in [5, 5.41) is 8.37. The highest BCUT2D eigenvalue weighted by atomic mass is 16.5. The maximum absolute atomic E-state index is 12.3. The Labute approximate surface area is 163 Å². The van der Waals surface area contributed by atoms with Gasteiger partial charge in [0.2, 0.25) is 0 Å². The third-order valence-electron chi connectivity index (χ3n) is 4.40. The Kier molecular flexibility index (Phi) is 6.86. The number of rotatable bonds is 9. The van der Waals surface area contributed by atoms with E-state index in [1.54, 1.807) is 24.3 Å². The van der Waals surface area contributed by atoms with Crippen LogP contribution in [0.15, 0.2) is 59.4 Å². The van der Waals surface area contributed by atoms with Crippen molar-refractivity contribution in [3.63, 3.8) is 0 Å². The first-order chi connectivity index (χ1) is 13.6. The minimum Gasteiger partial charge on any atom is -0.466 e. The van der Waals surface area contributed by atoms with Gasteiger partial charge < -0.3 is 9.64 Å². The molecule has 0 atom stereocenters. The van der Waals surface area contributed by atoms with Crippen LogP contribution in [0.2, 0.25) is 0 Å². The Morgan fingerprint density at radius 1 is 1.11 bits per heavy atom. The summed E-state index contributed by atoms with van der Waals surface area (Å²) in [5.41, 5.74) is 1.55. The summed E-state index contributed by atoms with van der Waals surface area (Å²) < 4.78 is 6.47. The molecule has 2 aromatic carbocycles. The topological polar surface area (TPSA) is 77.3 Å². The van der Waals surface area contributed by atoms with Crippen LogP contribution >= 0.6 is 0 Å². The molecule has 1 heterocycles. The second-order valence-corrected chi connectivity index (χ2v) is 6.68. The van der Waals surface area contributed by atoms with Crippen LogP contribution in [0, 0.1) is 0 Å². The Morgan fingerprint density at radius 2 is 1.86 bits per heavy atom. The molecule has 0 aliphatic heterocycles. The van der Waals surface area contributed by atoms with E-state index < -0.39 is 0 Å². The Morgan fingerprint density at radius 3 is 2.68 bits per heavy atom. The molecule has 7 nitrogen and oxygen atoms in total. The monoisotopic (exact) mass is 380 g/mol. The predicted molar refractivity (Wildman–Crippen MR) is 107 cm³/mol. The van der Waals surface area contributed by atoms with Crippen molar-refractivity contribution in [1.82, 2.24) is 19.9 Å². The molecule has 146 valence electrons.